The number of carboxylic acid groups (broad SMARTS) is 1. The van der Waals surface area contributed by atoms with Crippen LogP contribution >= 0.6 is 0 Å². The Morgan fingerprint density at radius 1 is 1.10 bits per heavy atom. The van der Waals surface area contributed by atoms with E-state index >= 15 is 0 Å². The summed E-state index contributed by atoms with van der Waals surface area (Å²) in [6.07, 6.45) is 4.30. The molecular formula is C14H26N2O4. The number of nitrogens with one attached hydrogen (secondary N) is 2. The molecule has 0 aromatic heterocycles. The lowest BCUT2D eigenvalue weighted by molar-refractivity contribution is -0.142. The van der Waals surface area contributed by atoms with Crippen molar-refractivity contribution in [1.29, 1.82) is 0 Å². The molecule has 0 heterocycles. The van der Waals surface area contributed by atoms with E-state index in [4.69, 9.17) is 5.11 Å². The molecule has 0 bridgehead atoms. The van der Waals surface area contributed by atoms with Crippen molar-refractivity contribution in [3.8, 4) is 0 Å². The minimum atomic E-state index is -1.05. The van der Waals surface area contributed by atoms with Gasteiger partial charge in [-0.2, -0.15) is 0 Å². The monoisotopic (exact) mass is 286 g/mol. The number of unbranched alkanes of at least 4 members (excludes halogenated alkanes) is 3. The minimum Gasteiger partial charge on any atom is -0.480 e. The number of Topliss-reactive ketones (excluding diaryl/α,β-unsaturated/α-hetero) is 1. The van der Waals surface area contributed by atoms with Crippen LogP contribution in [-0.2, 0) is 14.4 Å². The van der Waals surface area contributed by atoms with Gasteiger partial charge in [-0.25, -0.2) is 5.43 Å². The second-order valence-electron chi connectivity index (χ2n) is 5.35. The highest BCUT2D eigenvalue weighted by molar-refractivity contribution is 6.36. The fourth-order valence-corrected chi connectivity index (χ4v) is 1.74. The second-order valence-corrected chi connectivity index (χ2v) is 5.35. The molecule has 0 unspecified atom stereocenters. The van der Waals surface area contributed by atoms with Crippen molar-refractivity contribution in [3.05, 3.63) is 0 Å². The number of carbonyl (C=O) groups is 3. The molecule has 116 valence electrons. The van der Waals surface area contributed by atoms with E-state index < -0.39 is 23.7 Å². The van der Waals surface area contributed by atoms with Crippen molar-refractivity contribution < 1.29 is 19.5 Å². The summed E-state index contributed by atoms with van der Waals surface area (Å²) < 4.78 is 0. The van der Waals surface area contributed by atoms with Gasteiger partial charge in [-0.3, -0.25) is 19.8 Å². The number of aliphatic carboxylic acids is 1. The fourth-order valence-electron chi connectivity index (χ4n) is 1.74. The summed E-state index contributed by atoms with van der Waals surface area (Å²) in [5, 5.41) is 8.98. The van der Waals surface area contributed by atoms with Crippen molar-refractivity contribution >= 4 is 17.7 Å². The Bertz CT molecular complexity index is 329. The first-order valence-electron chi connectivity index (χ1n) is 7.20. The van der Waals surface area contributed by atoms with E-state index in [-0.39, 0.29) is 12.3 Å². The van der Waals surface area contributed by atoms with Crippen LogP contribution in [0, 0.1) is 5.92 Å². The van der Waals surface area contributed by atoms with E-state index in [1.807, 2.05) is 13.8 Å². The van der Waals surface area contributed by atoms with Crippen molar-refractivity contribution in [3.63, 3.8) is 0 Å². The highest BCUT2D eigenvalue weighted by Crippen LogP contribution is 2.05. The Hall–Kier alpha value is -1.43. The summed E-state index contributed by atoms with van der Waals surface area (Å²) in [6.45, 7) is 5.84. The van der Waals surface area contributed by atoms with Crippen LogP contribution in [0.2, 0.25) is 0 Å². The number of amides is 1. The average molecular weight is 286 g/mol. The van der Waals surface area contributed by atoms with E-state index in [1.54, 1.807) is 0 Å². The molecule has 6 heteroatoms. The van der Waals surface area contributed by atoms with Gasteiger partial charge in [0.15, 0.2) is 0 Å². The molecule has 0 aromatic carbocycles. The summed E-state index contributed by atoms with van der Waals surface area (Å²) >= 11 is 0. The molecule has 20 heavy (non-hydrogen) atoms. The number of carboxylic acids is 1. The third-order valence-electron chi connectivity index (χ3n) is 2.88. The van der Waals surface area contributed by atoms with E-state index in [2.05, 4.69) is 17.8 Å². The Morgan fingerprint density at radius 3 is 2.25 bits per heavy atom. The first-order valence-corrected chi connectivity index (χ1v) is 7.20. The second kappa shape index (κ2) is 10.4. The van der Waals surface area contributed by atoms with Gasteiger partial charge in [-0.05, 0) is 18.8 Å². The topological polar surface area (TPSA) is 95.5 Å². The Balaban J connectivity index is 4.05. The summed E-state index contributed by atoms with van der Waals surface area (Å²) in [5.74, 6) is -2.15. The number of ketones is 1. The molecule has 0 radical (unpaired) electrons. The zero-order valence-electron chi connectivity index (χ0n) is 12.6. The molecule has 0 aliphatic heterocycles. The van der Waals surface area contributed by atoms with Crippen LogP contribution in [0.3, 0.4) is 0 Å². The highest BCUT2D eigenvalue weighted by Gasteiger charge is 2.20. The van der Waals surface area contributed by atoms with Crippen LogP contribution in [0.1, 0.15) is 59.3 Å². The van der Waals surface area contributed by atoms with Crippen molar-refractivity contribution in [2.24, 2.45) is 5.92 Å². The number of carbonyl (C=O) groups excluding carboxylic acids is 2. The largest absolute Gasteiger partial charge is 0.480 e. The molecule has 0 aromatic rings. The predicted octanol–water partition coefficient (Wildman–Crippen LogP) is 1.65. The number of hydrazine groups is 1. The van der Waals surface area contributed by atoms with Crippen molar-refractivity contribution in [2.45, 2.75) is 65.3 Å². The minimum absolute atomic E-state index is 0.172. The first-order chi connectivity index (χ1) is 9.38. The van der Waals surface area contributed by atoms with Crippen LogP contribution in [0.15, 0.2) is 0 Å². The summed E-state index contributed by atoms with van der Waals surface area (Å²) in [4.78, 5) is 34.0. The number of hydrogen-bond donors (Lipinski definition) is 3. The lowest BCUT2D eigenvalue weighted by Gasteiger charge is -2.16. The first kappa shape index (κ1) is 18.6. The van der Waals surface area contributed by atoms with Crippen LogP contribution in [-0.4, -0.2) is 28.8 Å². The molecule has 0 saturated carbocycles. The summed E-state index contributed by atoms with van der Waals surface area (Å²) in [5.41, 5.74) is 4.60. The van der Waals surface area contributed by atoms with Gasteiger partial charge < -0.3 is 5.11 Å². The van der Waals surface area contributed by atoms with Crippen LogP contribution in [0.4, 0.5) is 0 Å². The third kappa shape index (κ3) is 8.63. The van der Waals surface area contributed by atoms with Gasteiger partial charge in [0.05, 0.1) is 0 Å². The van der Waals surface area contributed by atoms with Crippen LogP contribution < -0.4 is 10.9 Å². The van der Waals surface area contributed by atoms with Crippen LogP contribution in [0.5, 0.6) is 0 Å². The molecule has 3 N–H and O–H groups in total. The summed E-state index contributed by atoms with van der Waals surface area (Å²) in [6, 6.07) is -0.883. The van der Waals surface area contributed by atoms with Gasteiger partial charge in [-0.1, -0.05) is 40.0 Å². The van der Waals surface area contributed by atoms with Gasteiger partial charge in [0.2, 0.25) is 5.78 Å². The maximum Gasteiger partial charge on any atom is 0.322 e. The van der Waals surface area contributed by atoms with Gasteiger partial charge in [0, 0.05) is 6.42 Å². The predicted molar refractivity (Wildman–Crippen MR) is 75.9 cm³/mol. The number of rotatable bonds is 11. The highest BCUT2D eigenvalue weighted by atomic mass is 16.4. The maximum absolute atomic E-state index is 11.5. The normalized spacial score (nSPS) is 12.2. The molecule has 0 spiro atoms. The zero-order valence-corrected chi connectivity index (χ0v) is 12.6. The molecule has 0 saturated heterocycles. The fraction of sp³-hybridized carbons (Fsp3) is 0.786. The Labute approximate surface area is 120 Å². The molecule has 1 atom stereocenters. The van der Waals surface area contributed by atoms with E-state index in [0.717, 1.165) is 19.3 Å². The number of hydrogen-bond acceptors (Lipinski definition) is 4. The van der Waals surface area contributed by atoms with E-state index in [1.165, 1.54) is 0 Å². The average Bonchev–Trinajstić information content (AvgIpc) is 2.38. The Kier molecular flexibility index (Phi) is 9.63. The maximum atomic E-state index is 11.5. The zero-order chi connectivity index (χ0) is 15.5. The van der Waals surface area contributed by atoms with Gasteiger partial charge >= 0.3 is 11.9 Å². The smallest absolute Gasteiger partial charge is 0.322 e. The molecule has 1 amide bonds. The van der Waals surface area contributed by atoms with Gasteiger partial charge in [0.25, 0.3) is 0 Å². The van der Waals surface area contributed by atoms with Gasteiger partial charge in [-0.15, -0.1) is 0 Å². The standard InChI is InChI=1S/C14H26N2O4/c1-4-5-6-7-8-12(17)13(18)16-15-11(14(19)20)9-10(2)3/h10-11,15H,4-9H2,1-3H3,(H,16,18)(H,19,20)/t11-/m0/s1. The molecule has 6 nitrogen and oxygen atoms in total. The summed E-state index contributed by atoms with van der Waals surface area (Å²) in [7, 11) is 0. The van der Waals surface area contributed by atoms with Gasteiger partial charge in [0.1, 0.15) is 6.04 Å². The van der Waals surface area contributed by atoms with Crippen molar-refractivity contribution in [1.82, 2.24) is 10.9 Å². The molecule has 0 aliphatic carbocycles. The Morgan fingerprint density at radius 2 is 1.75 bits per heavy atom. The quantitative estimate of drug-likeness (QED) is 0.305. The van der Waals surface area contributed by atoms with E-state index in [9.17, 15) is 14.4 Å². The van der Waals surface area contributed by atoms with Crippen LogP contribution in [0.25, 0.3) is 0 Å². The van der Waals surface area contributed by atoms with Crippen molar-refractivity contribution in [2.75, 3.05) is 0 Å². The SMILES string of the molecule is CCCCCCC(=O)C(=O)NN[C@@H](CC(C)C)C(=O)O. The van der Waals surface area contributed by atoms with E-state index in [0.29, 0.717) is 12.8 Å². The lowest BCUT2D eigenvalue weighted by Crippen LogP contribution is -2.50. The molecule has 0 fully saturated rings. The molecule has 0 aliphatic rings. The molecule has 0 rings (SSSR count). The third-order valence-corrected chi connectivity index (χ3v) is 2.88. The lowest BCUT2D eigenvalue weighted by atomic mass is 10.0. The molecular weight excluding hydrogens is 260 g/mol.